The van der Waals surface area contributed by atoms with E-state index in [9.17, 15) is 9.59 Å². The van der Waals surface area contributed by atoms with Gasteiger partial charge in [-0.1, -0.05) is 6.92 Å². The van der Waals surface area contributed by atoms with Gasteiger partial charge in [-0.25, -0.2) is 0 Å². The molecule has 0 spiro atoms. The third kappa shape index (κ3) is 3.91. The first-order valence-electron chi connectivity index (χ1n) is 7.03. The van der Waals surface area contributed by atoms with Gasteiger partial charge in [0.1, 0.15) is 0 Å². The number of hydrogen-bond acceptors (Lipinski definition) is 5. The van der Waals surface area contributed by atoms with Crippen molar-refractivity contribution < 1.29 is 14.0 Å². The standard InChI is InChI=1S/C14H21N3O3/c1-2-17(11-5-3-7-15-9-11)10-13(18)16-14(19)12-6-4-8-20-12/h4,6,8,11,15H,2-3,5,7,9-10H2,1H3,(H,16,18,19). The number of carbonyl (C=O) groups excluding carboxylic acids is 2. The number of nitrogens with zero attached hydrogens (tertiary/aromatic N) is 1. The molecular weight excluding hydrogens is 258 g/mol. The summed E-state index contributed by atoms with van der Waals surface area (Å²) in [7, 11) is 0. The molecule has 2 heterocycles. The molecule has 1 aromatic rings. The molecule has 2 N–H and O–H groups in total. The van der Waals surface area contributed by atoms with Gasteiger partial charge in [0, 0.05) is 12.6 Å². The average Bonchev–Trinajstić information content (AvgIpc) is 3.00. The third-order valence-corrected chi connectivity index (χ3v) is 3.54. The van der Waals surface area contributed by atoms with Gasteiger partial charge in [-0.3, -0.25) is 19.8 Å². The SMILES string of the molecule is CCN(CC(=O)NC(=O)c1ccco1)C1CCCNC1. The lowest BCUT2D eigenvalue weighted by molar-refractivity contribution is -0.121. The lowest BCUT2D eigenvalue weighted by Crippen LogP contribution is -2.50. The molecule has 1 aliphatic rings. The number of rotatable bonds is 5. The number of carbonyl (C=O) groups is 2. The predicted molar refractivity (Wildman–Crippen MR) is 74.3 cm³/mol. The van der Waals surface area contributed by atoms with Gasteiger partial charge in [-0.15, -0.1) is 0 Å². The smallest absolute Gasteiger partial charge is 0.293 e. The summed E-state index contributed by atoms with van der Waals surface area (Å²) in [4.78, 5) is 25.7. The van der Waals surface area contributed by atoms with E-state index in [1.807, 2.05) is 6.92 Å². The van der Waals surface area contributed by atoms with Crippen LogP contribution in [0.15, 0.2) is 22.8 Å². The fourth-order valence-corrected chi connectivity index (χ4v) is 2.46. The van der Waals surface area contributed by atoms with E-state index in [2.05, 4.69) is 15.5 Å². The van der Waals surface area contributed by atoms with Crippen molar-refractivity contribution in [1.29, 1.82) is 0 Å². The molecule has 1 atom stereocenters. The number of amides is 2. The van der Waals surface area contributed by atoms with Crippen molar-refractivity contribution in [3.05, 3.63) is 24.2 Å². The fraction of sp³-hybridized carbons (Fsp3) is 0.571. The van der Waals surface area contributed by atoms with Crippen molar-refractivity contribution in [1.82, 2.24) is 15.5 Å². The maximum Gasteiger partial charge on any atom is 0.293 e. The molecule has 1 fully saturated rings. The van der Waals surface area contributed by atoms with Crippen LogP contribution in [0.5, 0.6) is 0 Å². The first-order valence-corrected chi connectivity index (χ1v) is 7.03. The van der Waals surface area contributed by atoms with Crippen molar-refractivity contribution in [2.24, 2.45) is 0 Å². The molecule has 1 aliphatic heterocycles. The highest BCUT2D eigenvalue weighted by Gasteiger charge is 2.22. The molecular formula is C14H21N3O3. The summed E-state index contributed by atoms with van der Waals surface area (Å²) >= 11 is 0. The summed E-state index contributed by atoms with van der Waals surface area (Å²) in [6, 6.07) is 3.51. The van der Waals surface area contributed by atoms with Gasteiger partial charge in [0.25, 0.3) is 5.91 Å². The van der Waals surface area contributed by atoms with Crippen LogP contribution >= 0.6 is 0 Å². The Hall–Kier alpha value is -1.66. The average molecular weight is 279 g/mol. The molecule has 1 unspecified atom stereocenters. The number of imide groups is 1. The van der Waals surface area contributed by atoms with Crippen LogP contribution in [-0.2, 0) is 4.79 Å². The van der Waals surface area contributed by atoms with E-state index >= 15 is 0 Å². The molecule has 20 heavy (non-hydrogen) atoms. The van der Waals surface area contributed by atoms with Crippen molar-refractivity contribution in [3.63, 3.8) is 0 Å². The molecule has 0 aliphatic carbocycles. The molecule has 6 nitrogen and oxygen atoms in total. The van der Waals surface area contributed by atoms with E-state index in [4.69, 9.17) is 4.42 Å². The van der Waals surface area contributed by atoms with Gasteiger partial charge in [0.05, 0.1) is 12.8 Å². The molecule has 2 rings (SSSR count). The molecule has 0 saturated carbocycles. The lowest BCUT2D eigenvalue weighted by Gasteiger charge is -2.33. The minimum atomic E-state index is -0.488. The Kier molecular flexibility index (Phi) is 5.31. The summed E-state index contributed by atoms with van der Waals surface area (Å²) in [5, 5.41) is 5.68. The zero-order valence-corrected chi connectivity index (χ0v) is 11.7. The van der Waals surface area contributed by atoms with Gasteiger partial charge in [-0.2, -0.15) is 0 Å². The normalized spacial score (nSPS) is 19.0. The second-order valence-corrected chi connectivity index (χ2v) is 4.92. The van der Waals surface area contributed by atoms with Crippen LogP contribution in [0, 0.1) is 0 Å². The van der Waals surface area contributed by atoms with Crippen LogP contribution in [0.3, 0.4) is 0 Å². The molecule has 0 aromatic carbocycles. The van der Waals surface area contributed by atoms with Crippen LogP contribution in [-0.4, -0.2) is 48.9 Å². The predicted octanol–water partition coefficient (Wildman–Crippen LogP) is 0.610. The zero-order chi connectivity index (χ0) is 14.4. The van der Waals surface area contributed by atoms with Gasteiger partial charge < -0.3 is 9.73 Å². The second-order valence-electron chi connectivity index (χ2n) is 4.92. The minimum absolute atomic E-state index is 0.153. The largest absolute Gasteiger partial charge is 0.459 e. The zero-order valence-electron chi connectivity index (χ0n) is 11.7. The molecule has 110 valence electrons. The fourth-order valence-electron chi connectivity index (χ4n) is 2.46. The topological polar surface area (TPSA) is 74.6 Å². The van der Waals surface area contributed by atoms with E-state index < -0.39 is 5.91 Å². The Balaban J connectivity index is 1.84. The number of furan rings is 1. The van der Waals surface area contributed by atoms with E-state index in [-0.39, 0.29) is 18.2 Å². The summed E-state index contributed by atoms with van der Waals surface area (Å²) in [5.41, 5.74) is 0. The van der Waals surface area contributed by atoms with E-state index in [0.29, 0.717) is 6.04 Å². The highest BCUT2D eigenvalue weighted by molar-refractivity contribution is 6.03. The third-order valence-electron chi connectivity index (χ3n) is 3.54. The molecule has 0 radical (unpaired) electrons. The van der Waals surface area contributed by atoms with Crippen molar-refractivity contribution >= 4 is 11.8 Å². The monoisotopic (exact) mass is 279 g/mol. The van der Waals surface area contributed by atoms with Crippen LogP contribution in [0.25, 0.3) is 0 Å². The van der Waals surface area contributed by atoms with E-state index in [0.717, 1.165) is 32.5 Å². The van der Waals surface area contributed by atoms with Crippen molar-refractivity contribution in [2.45, 2.75) is 25.8 Å². The Labute approximate surface area is 118 Å². The number of piperidine rings is 1. The highest BCUT2D eigenvalue weighted by Crippen LogP contribution is 2.09. The minimum Gasteiger partial charge on any atom is -0.459 e. The van der Waals surface area contributed by atoms with Crippen LogP contribution in [0.2, 0.25) is 0 Å². The van der Waals surface area contributed by atoms with Crippen molar-refractivity contribution in [2.75, 3.05) is 26.2 Å². The van der Waals surface area contributed by atoms with Crippen LogP contribution in [0.1, 0.15) is 30.3 Å². The van der Waals surface area contributed by atoms with Gasteiger partial charge >= 0.3 is 0 Å². The number of likely N-dealkylation sites (N-methyl/N-ethyl adjacent to an activating group) is 1. The van der Waals surface area contributed by atoms with Crippen molar-refractivity contribution in [3.8, 4) is 0 Å². The van der Waals surface area contributed by atoms with E-state index in [1.165, 1.54) is 12.3 Å². The first kappa shape index (κ1) is 14.7. The molecule has 6 heteroatoms. The first-order chi connectivity index (χ1) is 9.70. The quantitative estimate of drug-likeness (QED) is 0.826. The molecule has 2 amide bonds. The Morgan fingerprint density at radius 1 is 1.55 bits per heavy atom. The van der Waals surface area contributed by atoms with Gasteiger partial charge in [0.2, 0.25) is 5.91 Å². The molecule has 1 saturated heterocycles. The number of nitrogens with one attached hydrogen (secondary N) is 2. The number of hydrogen-bond donors (Lipinski definition) is 2. The molecule has 0 bridgehead atoms. The highest BCUT2D eigenvalue weighted by atomic mass is 16.3. The molecule has 1 aromatic heterocycles. The van der Waals surface area contributed by atoms with E-state index in [1.54, 1.807) is 6.07 Å². The maximum absolute atomic E-state index is 11.9. The van der Waals surface area contributed by atoms with Gasteiger partial charge in [0.15, 0.2) is 5.76 Å². The van der Waals surface area contributed by atoms with Crippen LogP contribution in [0.4, 0.5) is 0 Å². The summed E-state index contributed by atoms with van der Waals surface area (Å²) in [5.74, 6) is -0.627. The lowest BCUT2D eigenvalue weighted by atomic mass is 10.1. The Bertz CT molecular complexity index is 439. The summed E-state index contributed by atoms with van der Waals surface area (Å²) in [6.45, 7) is 4.98. The van der Waals surface area contributed by atoms with Crippen LogP contribution < -0.4 is 10.6 Å². The summed E-state index contributed by atoms with van der Waals surface area (Å²) < 4.78 is 4.96. The Morgan fingerprint density at radius 3 is 3.00 bits per heavy atom. The summed E-state index contributed by atoms with van der Waals surface area (Å²) in [6.07, 6.45) is 3.61. The maximum atomic E-state index is 11.9. The van der Waals surface area contributed by atoms with Gasteiger partial charge in [-0.05, 0) is 38.1 Å². The Morgan fingerprint density at radius 2 is 2.40 bits per heavy atom. The second kappa shape index (κ2) is 7.21.